The van der Waals surface area contributed by atoms with E-state index in [0.717, 1.165) is 6.42 Å². The Labute approximate surface area is 124 Å². The first-order chi connectivity index (χ1) is 10.1. The molecule has 1 aromatic carbocycles. The lowest BCUT2D eigenvalue weighted by Crippen LogP contribution is -2.38. The Morgan fingerprint density at radius 2 is 1.95 bits per heavy atom. The van der Waals surface area contributed by atoms with Crippen molar-refractivity contribution < 1.29 is 18.7 Å². The normalized spacial score (nSPS) is 10.5. The second-order valence-corrected chi connectivity index (χ2v) is 4.54. The molecule has 0 aromatic heterocycles. The summed E-state index contributed by atoms with van der Waals surface area (Å²) in [6.45, 7) is 4.64. The van der Waals surface area contributed by atoms with Crippen LogP contribution in [0, 0.1) is 5.82 Å². The molecular weight excluding hydrogens is 275 g/mol. The SMILES string of the molecule is CCCN(CC(=O)Nc1ccccc1F)CC(=O)OCC. The highest BCUT2D eigenvalue weighted by atomic mass is 19.1. The summed E-state index contributed by atoms with van der Waals surface area (Å²) in [6.07, 6.45) is 0.798. The van der Waals surface area contributed by atoms with E-state index in [1.165, 1.54) is 12.1 Å². The highest BCUT2D eigenvalue weighted by molar-refractivity contribution is 5.92. The number of esters is 1. The number of amides is 1. The first-order valence-corrected chi connectivity index (χ1v) is 6.99. The molecule has 6 heteroatoms. The minimum absolute atomic E-state index is 0.0149. The van der Waals surface area contributed by atoms with Crippen LogP contribution in [0.3, 0.4) is 0 Å². The highest BCUT2D eigenvalue weighted by Crippen LogP contribution is 2.12. The van der Waals surface area contributed by atoms with Crippen LogP contribution < -0.4 is 5.32 Å². The lowest BCUT2D eigenvalue weighted by atomic mass is 10.3. The molecule has 1 N–H and O–H groups in total. The van der Waals surface area contributed by atoms with Crippen LogP contribution in [-0.4, -0.2) is 43.0 Å². The van der Waals surface area contributed by atoms with Gasteiger partial charge in [0.05, 0.1) is 25.4 Å². The van der Waals surface area contributed by atoms with Gasteiger partial charge in [-0.05, 0) is 32.0 Å². The summed E-state index contributed by atoms with van der Waals surface area (Å²) in [7, 11) is 0. The Morgan fingerprint density at radius 1 is 1.24 bits per heavy atom. The van der Waals surface area contributed by atoms with Crippen molar-refractivity contribution in [1.82, 2.24) is 4.90 Å². The summed E-state index contributed by atoms with van der Waals surface area (Å²) in [6, 6.07) is 5.96. The Morgan fingerprint density at radius 3 is 2.57 bits per heavy atom. The molecule has 0 fully saturated rings. The molecular formula is C15H21FN2O3. The number of benzene rings is 1. The van der Waals surface area contributed by atoms with E-state index >= 15 is 0 Å². The van der Waals surface area contributed by atoms with Crippen LogP contribution in [0.15, 0.2) is 24.3 Å². The maximum atomic E-state index is 13.4. The quantitative estimate of drug-likeness (QED) is 0.746. The summed E-state index contributed by atoms with van der Waals surface area (Å²) >= 11 is 0. The first-order valence-electron chi connectivity index (χ1n) is 6.99. The van der Waals surface area contributed by atoms with E-state index in [1.807, 2.05) is 6.92 Å². The molecule has 0 aliphatic heterocycles. The molecule has 0 aliphatic rings. The number of hydrogen-bond donors (Lipinski definition) is 1. The Kier molecular flexibility index (Phi) is 7.39. The fourth-order valence-corrected chi connectivity index (χ4v) is 1.87. The van der Waals surface area contributed by atoms with Gasteiger partial charge in [0, 0.05) is 0 Å². The van der Waals surface area contributed by atoms with E-state index in [9.17, 15) is 14.0 Å². The van der Waals surface area contributed by atoms with E-state index in [1.54, 1.807) is 24.0 Å². The molecule has 21 heavy (non-hydrogen) atoms. The molecule has 0 spiro atoms. The molecule has 0 radical (unpaired) electrons. The minimum Gasteiger partial charge on any atom is -0.465 e. The molecule has 0 heterocycles. The molecule has 1 rings (SSSR count). The molecule has 0 saturated heterocycles. The summed E-state index contributed by atoms with van der Waals surface area (Å²) in [5.41, 5.74) is 0.134. The second-order valence-electron chi connectivity index (χ2n) is 4.54. The van der Waals surface area contributed by atoms with Gasteiger partial charge < -0.3 is 10.1 Å². The lowest BCUT2D eigenvalue weighted by Gasteiger charge is -2.20. The van der Waals surface area contributed by atoms with E-state index in [-0.39, 0.29) is 30.7 Å². The maximum absolute atomic E-state index is 13.4. The van der Waals surface area contributed by atoms with Crippen molar-refractivity contribution in [3.05, 3.63) is 30.1 Å². The van der Waals surface area contributed by atoms with Crippen LogP contribution in [0.25, 0.3) is 0 Å². The Balaban J connectivity index is 2.56. The molecule has 0 atom stereocenters. The van der Waals surface area contributed by atoms with Gasteiger partial charge in [0.25, 0.3) is 0 Å². The number of para-hydroxylation sites is 1. The van der Waals surface area contributed by atoms with Gasteiger partial charge in [-0.15, -0.1) is 0 Å². The zero-order chi connectivity index (χ0) is 15.7. The third kappa shape index (κ3) is 6.35. The van der Waals surface area contributed by atoms with Gasteiger partial charge in [-0.25, -0.2) is 4.39 Å². The molecule has 0 aliphatic carbocycles. The zero-order valence-corrected chi connectivity index (χ0v) is 12.4. The van der Waals surface area contributed by atoms with Crippen LogP contribution in [-0.2, 0) is 14.3 Å². The summed E-state index contributed by atoms with van der Waals surface area (Å²) < 4.78 is 18.3. The predicted octanol–water partition coefficient (Wildman–Crippen LogP) is 2.04. The van der Waals surface area contributed by atoms with Crippen LogP contribution >= 0.6 is 0 Å². The summed E-state index contributed by atoms with van der Waals surface area (Å²) in [5.74, 6) is -1.22. The Hall–Kier alpha value is -1.95. The second kappa shape index (κ2) is 9.07. The summed E-state index contributed by atoms with van der Waals surface area (Å²) in [4.78, 5) is 25.1. The number of ether oxygens (including phenoxy) is 1. The van der Waals surface area contributed by atoms with Crippen molar-refractivity contribution in [2.75, 3.05) is 31.6 Å². The highest BCUT2D eigenvalue weighted by Gasteiger charge is 2.15. The van der Waals surface area contributed by atoms with Crippen LogP contribution in [0.2, 0.25) is 0 Å². The third-order valence-electron chi connectivity index (χ3n) is 2.71. The average molecular weight is 296 g/mol. The molecule has 0 saturated carbocycles. The maximum Gasteiger partial charge on any atom is 0.320 e. The number of nitrogens with one attached hydrogen (secondary N) is 1. The molecule has 1 amide bonds. The number of carbonyl (C=O) groups is 2. The van der Waals surface area contributed by atoms with Crippen molar-refractivity contribution in [3.63, 3.8) is 0 Å². The zero-order valence-electron chi connectivity index (χ0n) is 12.4. The van der Waals surface area contributed by atoms with Crippen molar-refractivity contribution in [2.24, 2.45) is 0 Å². The molecule has 1 aromatic rings. The fourth-order valence-electron chi connectivity index (χ4n) is 1.87. The number of carbonyl (C=O) groups excluding carboxylic acids is 2. The smallest absolute Gasteiger partial charge is 0.320 e. The third-order valence-corrected chi connectivity index (χ3v) is 2.71. The van der Waals surface area contributed by atoms with Gasteiger partial charge in [0.2, 0.25) is 5.91 Å². The largest absolute Gasteiger partial charge is 0.465 e. The minimum atomic E-state index is -0.488. The molecule has 5 nitrogen and oxygen atoms in total. The summed E-state index contributed by atoms with van der Waals surface area (Å²) in [5, 5.41) is 2.50. The van der Waals surface area contributed by atoms with Crippen molar-refractivity contribution in [2.45, 2.75) is 20.3 Å². The number of halogens is 1. The van der Waals surface area contributed by atoms with E-state index < -0.39 is 5.82 Å². The van der Waals surface area contributed by atoms with E-state index in [4.69, 9.17) is 4.74 Å². The number of rotatable bonds is 8. The lowest BCUT2D eigenvalue weighted by molar-refractivity contribution is -0.144. The number of nitrogens with zero attached hydrogens (tertiary/aromatic N) is 1. The van der Waals surface area contributed by atoms with Crippen molar-refractivity contribution >= 4 is 17.6 Å². The predicted molar refractivity (Wildman–Crippen MR) is 78.4 cm³/mol. The number of anilines is 1. The van der Waals surface area contributed by atoms with Crippen molar-refractivity contribution in [3.8, 4) is 0 Å². The number of hydrogen-bond acceptors (Lipinski definition) is 4. The molecule has 0 bridgehead atoms. The van der Waals surface area contributed by atoms with Gasteiger partial charge in [-0.2, -0.15) is 0 Å². The molecule has 0 unspecified atom stereocenters. The average Bonchev–Trinajstić information content (AvgIpc) is 2.41. The van der Waals surface area contributed by atoms with E-state index in [2.05, 4.69) is 5.32 Å². The van der Waals surface area contributed by atoms with Gasteiger partial charge in [0.1, 0.15) is 5.82 Å². The van der Waals surface area contributed by atoms with Crippen molar-refractivity contribution in [1.29, 1.82) is 0 Å². The van der Waals surface area contributed by atoms with Gasteiger partial charge >= 0.3 is 5.97 Å². The van der Waals surface area contributed by atoms with Crippen LogP contribution in [0.5, 0.6) is 0 Å². The Bertz CT molecular complexity index is 480. The standard InChI is InChI=1S/C15H21FN2O3/c1-3-9-18(11-15(20)21-4-2)10-14(19)17-13-8-6-5-7-12(13)16/h5-8H,3-4,9-11H2,1-2H3,(H,17,19). The van der Waals surface area contributed by atoms with Gasteiger partial charge in [-0.3, -0.25) is 14.5 Å². The van der Waals surface area contributed by atoms with Crippen LogP contribution in [0.1, 0.15) is 20.3 Å². The van der Waals surface area contributed by atoms with Gasteiger partial charge in [0.15, 0.2) is 0 Å². The topological polar surface area (TPSA) is 58.6 Å². The van der Waals surface area contributed by atoms with E-state index in [0.29, 0.717) is 13.2 Å². The molecule has 116 valence electrons. The fraction of sp³-hybridized carbons (Fsp3) is 0.467. The van der Waals surface area contributed by atoms with Gasteiger partial charge in [-0.1, -0.05) is 19.1 Å². The van der Waals surface area contributed by atoms with Crippen LogP contribution in [0.4, 0.5) is 10.1 Å². The monoisotopic (exact) mass is 296 g/mol. The first kappa shape index (κ1) is 17.1.